The van der Waals surface area contributed by atoms with E-state index >= 15 is 0 Å². The number of nitrogens with zero attached hydrogens (tertiary/aromatic N) is 4. The van der Waals surface area contributed by atoms with Crippen molar-refractivity contribution in [2.24, 2.45) is 0 Å². The molecule has 0 unspecified atom stereocenters. The van der Waals surface area contributed by atoms with Gasteiger partial charge in [-0.05, 0) is 46.5 Å². The van der Waals surface area contributed by atoms with Crippen LogP contribution in [0.15, 0.2) is 97.1 Å². The van der Waals surface area contributed by atoms with Crippen molar-refractivity contribution in [1.29, 1.82) is 0 Å². The molecule has 0 amide bonds. The van der Waals surface area contributed by atoms with Crippen LogP contribution in [0.2, 0.25) is 0 Å². The topological polar surface area (TPSA) is 13.0 Å². The summed E-state index contributed by atoms with van der Waals surface area (Å²) in [5.41, 5.74) is 5.23. The van der Waals surface area contributed by atoms with Crippen molar-refractivity contribution >= 4 is 59.8 Å². The van der Waals surface area contributed by atoms with Gasteiger partial charge in [-0.25, -0.2) is 0 Å². The molecule has 0 saturated heterocycles. The van der Waals surface area contributed by atoms with Gasteiger partial charge in [0.2, 0.25) is 0 Å². The minimum atomic E-state index is -0.762. The zero-order chi connectivity index (χ0) is 29.7. The second-order valence-corrected chi connectivity index (χ2v) is 16.2. The summed E-state index contributed by atoms with van der Waals surface area (Å²) in [6.07, 6.45) is 1.07. The van der Waals surface area contributed by atoms with E-state index in [0.717, 1.165) is 6.42 Å². The first-order chi connectivity index (χ1) is 19.7. The molecule has 216 valence electrons. The van der Waals surface area contributed by atoms with Crippen LogP contribution in [-0.2, 0) is 0 Å². The van der Waals surface area contributed by atoms with Crippen LogP contribution in [0.4, 0.5) is 22.7 Å². The number of rotatable bonds is 11. The summed E-state index contributed by atoms with van der Waals surface area (Å²) >= 11 is 0. The molecular weight excluding hydrogens is 538 g/mol. The number of benzene rings is 4. The molecule has 0 aromatic heterocycles. The highest BCUT2D eigenvalue weighted by atomic mass is 31.2. The third kappa shape index (κ3) is 6.56. The molecule has 0 radical (unpaired) electrons. The molecule has 0 spiro atoms. The van der Waals surface area contributed by atoms with E-state index in [1.54, 1.807) is 0 Å². The van der Waals surface area contributed by atoms with Gasteiger partial charge in [-0.2, -0.15) is 0 Å². The zero-order valence-corrected chi connectivity index (χ0v) is 28.0. The van der Waals surface area contributed by atoms with Crippen molar-refractivity contribution in [1.82, 2.24) is 0 Å². The Morgan fingerprint density at radius 3 is 0.829 bits per heavy atom. The fourth-order valence-corrected chi connectivity index (χ4v) is 13.6. The van der Waals surface area contributed by atoms with Gasteiger partial charge < -0.3 is 19.6 Å². The fourth-order valence-electron chi connectivity index (χ4n) is 5.57. The lowest BCUT2D eigenvalue weighted by molar-refractivity contribution is 1.04. The molecule has 0 fully saturated rings. The fraction of sp³-hybridized carbons (Fsp3) is 0.314. The van der Waals surface area contributed by atoms with Crippen LogP contribution in [0, 0.1) is 0 Å². The summed E-state index contributed by atoms with van der Waals surface area (Å²) in [5.74, 6) is 0. The minimum Gasteiger partial charge on any atom is -0.377 e. The van der Waals surface area contributed by atoms with E-state index < -0.39 is 15.8 Å². The summed E-state index contributed by atoms with van der Waals surface area (Å²) < 4.78 is 0. The maximum Gasteiger partial charge on any atom is 0.0442 e. The number of para-hydroxylation sites is 4. The third-order valence-corrected chi connectivity index (χ3v) is 14.4. The Labute approximate surface area is 251 Å². The van der Waals surface area contributed by atoms with Gasteiger partial charge in [0.1, 0.15) is 0 Å². The average molecular weight is 585 g/mol. The van der Waals surface area contributed by atoms with E-state index in [0.29, 0.717) is 5.40 Å². The Hall–Kier alpha value is -3.06. The molecular formula is C35H46N4P2. The molecule has 41 heavy (non-hydrogen) atoms. The van der Waals surface area contributed by atoms with E-state index in [1.807, 2.05) is 0 Å². The molecule has 0 aliphatic heterocycles. The summed E-state index contributed by atoms with van der Waals surface area (Å²) in [6.45, 7) is 2.41. The van der Waals surface area contributed by atoms with Crippen molar-refractivity contribution in [2.45, 2.75) is 18.7 Å². The summed E-state index contributed by atoms with van der Waals surface area (Å²) in [7, 11) is 15.9. The highest BCUT2D eigenvalue weighted by Crippen LogP contribution is 2.61. The Morgan fingerprint density at radius 1 is 0.415 bits per heavy atom. The van der Waals surface area contributed by atoms with E-state index in [1.165, 1.54) is 44.0 Å². The standard InChI is InChI=1S/C35H46N4P2/c1-10-35(40(31-23-15-11-19-27(31)36(2)3)32-24-16-12-20-28(32)37(4)5)41(33-25-17-13-21-29(33)38(6)7)34-26-18-14-22-30(34)39(8)9/h11-26,35H,10H2,1-9H3. The predicted molar refractivity (Wildman–Crippen MR) is 190 cm³/mol. The van der Waals surface area contributed by atoms with Gasteiger partial charge in [0, 0.05) is 106 Å². The van der Waals surface area contributed by atoms with Gasteiger partial charge in [0.05, 0.1) is 0 Å². The molecule has 4 aromatic carbocycles. The second-order valence-electron chi connectivity index (χ2n) is 11.2. The van der Waals surface area contributed by atoms with Gasteiger partial charge in [0.25, 0.3) is 0 Å². The lowest BCUT2D eigenvalue weighted by Gasteiger charge is -2.40. The molecule has 0 aliphatic carbocycles. The first kappa shape index (κ1) is 30.9. The maximum atomic E-state index is 2.41. The largest absolute Gasteiger partial charge is 0.377 e. The van der Waals surface area contributed by atoms with Crippen LogP contribution in [-0.4, -0.2) is 61.8 Å². The van der Waals surface area contributed by atoms with Gasteiger partial charge in [-0.1, -0.05) is 79.7 Å². The first-order valence-electron chi connectivity index (χ1n) is 14.3. The number of hydrogen-bond donors (Lipinski definition) is 0. The molecule has 0 saturated carbocycles. The van der Waals surface area contributed by atoms with Gasteiger partial charge in [-0.15, -0.1) is 0 Å². The van der Waals surface area contributed by atoms with Crippen LogP contribution in [0.25, 0.3) is 0 Å². The molecule has 4 nitrogen and oxygen atoms in total. The molecule has 0 aliphatic rings. The zero-order valence-electron chi connectivity index (χ0n) is 26.2. The van der Waals surface area contributed by atoms with Crippen molar-refractivity contribution in [3.05, 3.63) is 97.1 Å². The van der Waals surface area contributed by atoms with Gasteiger partial charge >= 0.3 is 0 Å². The highest BCUT2D eigenvalue weighted by Gasteiger charge is 2.37. The van der Waals surface area contributed by atoms with Gasteiger partial charge in [0.15, 0.2) is 0 Å². The molecule has 0 atom stereocenters. The average Bonchev–Trinajstić information content (AvgIpc) is 2.97. The second kappa shape index (κ2) is 13.7. The molecule has 0 heterocycles. The first-order valence-corrected chi connectivity index (χ1v) is 17.1. The Kier molecular flexibility index (Phi) is 10.3. The van der Waals surface area contributed by atoms with Crippen molar-refractivity contribution in [3.63, 3.8) is 0 Å². The molecule has 4 rings (SSSR count). The van der Waals surface area contributed by atoms with E-state index in [4.69, 9.17) is 0 Å². The van der Waals surface area contributed by atoms with Crippen molar-refractivity contribution in [3.8, 4) is 0 Å². The Morgan fingerprint density at radius 2 is 0.634 bits per heavy atom. The molecule has 4 aromatic rings. The third-order valence-electron chi connectivity index (χ3n) is 7.45. The smallest absolute Gasteiger partial charge is 0.0442 e. The van der Waals surface area contributed by atoms with Crippen LogP contribution < -0.4 is 40.8 Å². The summed E-state index contributed by atoms with van der Waals surface area (Å²) in [5, 5.41) is 6.21. The van der Waals surface area contributed by atoms with Crippen molar-refractivity contribution < 1.29 is 0 Å². The number of anilines is 4. The summed E-state index contributed by atoms with van der Waals surface area (Å²) in [4.78, 5) is 9.16. The summed E-state index contributed by atoms with van der Waals surface area (Å²) in [6, 6.07) is 36.3. The maximum absolute atomic E-state index is 2.41. The molecule has 6 heteroatoms. The normalized spacial score (nSPS) is 11.3. The quantitative estimate of drug-likeness (QED) is 0.193. The van der Waals surface area contributed by atoms with Crippen LogP contribution in [0.3, 0.4) is 0 Å². The van der Waals surface area contributed by atoms with E-state index in [9.17, 15) is 0 Å². The minimum absolute atomic E-state index is 0.407. The van der Waals surface area contributed by atoms with Gasteiger partial charge in [-0.3, -0.25) is 0 Å². The Balaban J connectivity index is 2.12. The molecule has 0 N–H and O–H groups in total. The Bertz CT molecular complexity index is 1220. The lowest BCUT2D eigenvalue weighted by Crippen LogP contribution is -2.33. The molecule has 0 bridgehead atoms. The van der Waals surface area contributed by atoms with Crippen LogP contribution in [0.1, 0.15) is 13.3 Å². The SMILES string of the molecule is CCC(P(c1ccccc1N(C)C)c1ccccc1N(C)C)P(c1ccccc1N(C)C)c1ccccc1N(C)C. The van der Waals surface area contributed by atoms with E-state index in [2.05, 4.69) is 180 Å². The lowest BCUT2D eigenvalue weighted by atomic mass is 10.3. The highest BCUT2D eigenvalue weighted by molar-refractivity contribution is 7.90. The predicted octanol–water partition coefficient (Wildman–Crippen LogP) is 6.25. The van der Waals surface area contributed by atoms with Crippen molar-refractivity contribution in [2.75, 3.05) is 76.0 Å². The van der Waals surface area contributed by atoms with E-state index in [-0.39, 0.29) is 0 Å². The van der Waals surface area contributed by atoms with Crippen LogP contribution in [0.5, 0.6) is 0 Å². The van der Waals surface area contributed by atoms with Crippen LogP contribution >= 0.6 is 15.8 Å². The monoisotopic (exact) mass is 584 g/mol. The number of hydrogen-bond acceptors (Lipinski definition) is 4.